The average molecular weight is 258 g/mol. The van der Waals surface area contributed by atoms with Gasteiger partial charge < -0.3 is 15.4 Å². The van der Waals surface area contributed by atoms with E-state index in [1.807, 2.05) is 13.8 Å². The Labute approximate surface area is 112 Å². The molecule has 0 heterocycles. The van der Waals surface area contributed by atoms with Crippen LogP contribution in [0, 0.1) is 5.92 Å². The second-order valence-corrected chi connectivity index (χ2v) is 5.32. The molecular weight excluding hydrogens is 228 g/mol. The summed E-state index contributed by atoms with van der Waals surface area (Å²) in [5, 5.41) is 6.23. The summed E-state index contributed by atoms with van der Waals surface area (Å²) in [6.07, 6.45) is 2.92. The Bertz CT molecular complexity index is 206. The molecule has 1 amide bonds. The van der Waals surface area contributed by atoms with Gasteiger partial charge >= 0.3 is 0 Å². The van der Waals surface area contributed by atoms with Crippen LogP contribution in [-0.4, -0.2) is 38.3 Å². The van der Waals surface area contributed by atoms with Crippen molar-refractivity contribution in [3.05, 3.63) is 0 Å². The summed E-state index contributed by atoms with van der Waals surface area (Å²) >= 11 is 0. The third-order valence-corrected chi connectivity index (χ3v) is 2.44. The molecule has 0 aliphatic rings. The highest BCUT2D eigenvalue weighted by atomic mass is 16.5. The molecule has 0 aromatic rings. The van der Waals surface area contributed by atoms with Crippen LogP contribution in [0.25, 0.3) is 0 Å². The van der Waals surface area contributed by atoms with E-state index in [0.29, 0.717) is 18.4 Å². The maximum absolute atomic E-state index is 11.4. The average Bonchev–Trinajstić information content (AvgIpc) is 2.29. The van der Waals surface area contributed by atoms with Crippen molar-refractivity contribution in [1.82, 2.24) is 10.6 Å². The second-order valence-electron chi connectivity index (χ2n) is 5.32. The lowest BCUT2D eigenvalue weighted by atomic mass is 10.2. The maximum atomic E-state index is 11.4. The fraction of sp³-hybridized carbons (Fsp3) is 0.929. The second kappa shape index (κ2) is 11.5. The normalized spacial score (nSPS) is 11.2. The van der Waals surface area contributed by atoms with Gasteiger partial charge in [-0.1, -0.05) is 13.8 Å². The van der Waals surface area contributed by atoms with Crippen LogP contribution in [0.3, 0.4) is 0 Å². The first-order valence-electron chi connectivity index (χ1n) is 7.11. The Morgan fingerprint density at radius 1 is 1.11 bits per heavy atom. The molecule has 0 spiro atoms. The molecular formula is C14H30N2O2. The maximum Gasteiger partial charge on any atom is 0.220 e. The van der Waals surface area contributed by atoms with Crippen LogP contribution in [0.2, 0.25) is 0 Å². The molecule has 0 aliphatic carbocycles. The molecule has 0 bridgehead atoms. The molecule has 0 saturated carbocycles. The molecule has 0 unspecified atom stereocenters. The number of rotatable bonds is 11. The number of ether oxygens (including phenoxy) is 1. The van der Waals surface area contributed by atoms with E-state index in [-0.39, 0.29) is 5.91 Å². The summed E-state index contributed by atoms with van der Waals surface area (Å²) in [6.45, 7) is 11.7. The van der Waals surface area contributed by atoms with E-state index in [2.05, 4.69) is 24.5 Å². The van der Waals surface area contributed by atoms with Crippen LogP contribution in [0.1, 0.15) is 47.0 Å². The Hall–Kier alpha value is -0.610. The Morgan fingerprint density at radius 2 is 1.83 bits per heavy atom. The minimum atomic E-state index is 0.173. The van der Waals surface area contributed by atoms with Gasteiger partial charge in [0.1, 0.15) is 0 Å². The van der Waals surface area contributed by atoms with Gasteiger partial charge in [0.2, 0.25) is 5.91 Å². The zero-order valence-corrected chi connectivity index (χ0v) is 12.4. The van der Waals surface area contributed by atoms with Gasteiger partial charge in [-0.3, -0.25) is 4.79 Å². The first kappa shape index (κ1) is 17.4. The highest BCUT2D eigenvalue weighted by molar-refractivity contribution is 5.75. The first-order chi connectivity index (χ1) is 8.52. The highest BCUT2D eigenvalue weighted by Gasteiger charge is 2.01. The number of carbonyl (C=O) groups excluding carboxylic acids is 1. The van der Waals surface area contributed by atoms with Crippen LogP contribution in [0.5, 0.6) is 0 Å². The summed E-state index contributed by atoms with van der Waals surface area (Å²) < 4.78 is 5.41. The molecule has 0 aromatic heterocycles. The summed E-state index contributed by atoms with van der Waals surface area (Å²) in [5.74, 6) is 0.698. The van der Waals surface area contributed by atoms with Crippen LogP contribution in [0.4, 0.5) is 0 Å². The standard InChI is InChI=1S/C14H30N2O2/c1-12(2)11-16-14(17)7-5-6-8-15-9-10-18-13(3)4/h12-13,15H,5-11H2,1-4H3,(H,16,17). The van der Waals surface area contributed by atoms with E-state index in [1.54, 1.807) is 0 Å². The molecule has 4 heteroatoms. The van der Waals surface area contributed by atoms with Gasteiger partial charge in [0.25, 0.3) is 0 Å². The molecule has 0 fully saturated rings. The molecule has 2 N–H and O–H groups in total. The molecule has 4 nitrogen and oxygen atoms in total. The smallest absolute Gasteiger partial charge is 0.220 e. The van der Waals surface area contributed by atoms with Crippen molar-refractivity contribution in [2.75, 3.05) is 26.2 Å². The molecule has 0 atom stereocenters. The van der Waals surface area contributed by atoms with Gasteiger partial charge in [-0.05, 0) is 39.2 Å². The topological polar surface area (TPSA) is 50.4 Å². The van der Waals surface area contributed by atoms with Gasteiger partial charge in [0.15, 0.2) is 0 Å². The summed E-state index contributed by atoms with van der Waals surface area (Å²) in [5.41, 5.74) is 0. The van der Waals surface area contributed by atoms with Crippen molar-refractivity contribution >= 4 is 5.91 Å². The number of amides is 1. The fourth-order valence-electron chi connectivity index (χ4n) is 1.43. The Balaban J connectivity index is 3.17. The number of carbonyl (C=O) groups is 1. The highest BCUT2D eigenvalue weighted by Crippen LogP contribution is 1.95. The van der Waals surface area contributed by atoms with E-state index in [9.17, 15) is 4.79 Å². The SMILES string of the molecule is CC(C)CNC(=O)CCCCNCCOC(C)C. The van der Waals surface area contributed by atoms with Crippen molar-refractivity contribution < 1.29 is 9.53 Å². The largest absolute Gasteiger partial charge is 0.377 e. The van der Waals surface area contributed by atoms with Crippen molar-refractivity contribution in [1.29, 1.82) is 0 Å². The lowest BCUT2D eigenvalue weighted by Gasteiger charge is -2.09. The molecule has 108 valence electrons. The van der Waals surface area contributed by atoms with Gasteiger partial charge in [0.05, 0.1) is 12.7 Å². The third kappa shape index (κ3) is 13.5. The molecule has 18 heavy (non-hydrogen) atoms. The number of hydrogen-bond donors (Lipinski definition) is 2. The van der Waals surface area contributed by atoms with Gasteiger partial charge in [-0.15, -0.1) is 0 Å². The van der Waals surface area contributed by atoms with Crippen molar-refractivity contribution in [3.63, 3.8) is 0 Å². The van der Waals surface area contributed by atoms with Crippen molar-refractivity contribution in [2.24, 2.45) is 5.92 Å². The molecule has 0 saturated heterocycles. The Morgan fingerprint density at radius 3 is 2.44 bits per heavy atom. The van der Waals surface area contributed by atoms with E-state index in [4.69, 9.17) is 4.74 Å². The fourth-order valence-corrected chi connectivity index (χ4v) is 1.43. The van der Waals surface area contributed by atoms with E-state index in [1.165, 1.54) is 0 Å². The lowest BCUT2D eigenvalue weighted by Crippen LogP contribution is -2.27. The van der Waals surface area contributed by atoms with Gasteiger partial charge in [-0.2, -0.15) is 0 Å². The van der Waals surface area contributed by atoms with Crippen LogP contribution in [0.15, 0.2) is 0 Å². The predicted octanol–water partition coefficient (Wildman–Crippen LogP) is 1.94. The van der Waals surface area contributed by atoms with Gasteiger partial charge in [0, 0.05) is 19.5 Å². The quantitative estimate of drug-likeness (QED) is 0.557. The van der Waals surface area contributed by atoms with Crippen LogP contribution in [-0.2, 0) is 9.53 Å². The zero-order chi connectivity index (χ0) is 13.8. The predicted molar refractivity (Wildman–Crippen MR) is 75.7 cm³/mol. The van der Waals surface area contributed by atoms with Crippen molar-refractivity contribution in [3.8, 4) is 0 Å². The van der Waals surface area contributed by atoms with Crippen LogP contribution >= 0.6 is 0 Å². The summed E-state index contributed by atoms with van der Waals surface area (Å²) in [6, 6.07) is 0. The van der Waals surface area contributed by atoms with Crippen LogP contribution < -0.4 is 10.6 Å². The molecule has 0 aromatic carbocycles. The summed E-state index contributed by atoms with van der Waals surface area (Å²) in [4.78, 5) is 11.4. The molecule has 0 aliphatic heterocycles. The Kier molecular flexibility index (Phi) is 11.1. The third-order valence-electron chi connectivity index (χ3n) is 2.44. The lowest BCUT2D eigenvalue weighted by molar-refractivity contribution is -0.121. The van der Waals surface area contributed by atoms with E-state index in [0.717, 1.165) is 39.1 Å². The minimum absolute atomic E-state index is 0.173. The number of hydrogen-bond acceptors (Lipinski definition) is 3. The monoisotopic (exact) mass is 258 g/mol. The number of unbranched alkanes of at least 4 members (excludes halogenated alkanes) is 1. The molecule has 0 rings (SSSR count). The van der Waals surface area contributed by atoms with E-state index >= 15 is 0 Å². The van der Waals surface area contributed by atoms with Gasteiger partial charge in [-0.25, -0.2) is 0 Å². The summed E-state index contributed by atoms with van der Waals surface area (Å²) in [7, 11) is 0. The zero-order valence-electron chi connectivity index (χ0n) is 12.4. The molecule has 0 radical (unpaired) electrons. The van der Waals surface area contributed by atoms with Crippen molar-refractivity contribution in [2.45, 2.75) is 53.1 Å². The van der Waals surface area contributed by atoms with E-state index < -0.39 is 0 Å². The first-order valence-corrected chi connectivity index (χ1v) is 7.11. The number of nitrogens with one attached hydrogen (secondary N) is 2. The minimum Gasteiger partial charge on any atom is -0.377 e.